The molecule has 0 aliphatic rings. The summed E-state index contributed by atoms with van der Waals surface area (Å²) in [6, 6.07) is 10.1. The molecule has 0 aliphatic heterocycles. The van der Waals surface area contributed by atoms with E-state index in [1.807, 2.05) is 12.1 Å². The number of sulfonamides is 1. The lowest BCUT2D eigenvalue weighted by Crippen LogP contribution is -2.13. The van der Waals surface area contributed by atoms with Gasteiger partial charge in [-0.3, -0.25) is 0 Å². The molecular formula is C14H16N2O4S. The molecule has 7 heteroatoms. The van der Waals surface area contributed by atoms with Gasteiger partial charge in [0.2, 0.25) is 15.9 Å². The van der Waals surface area contributed by atoms with Crippen LogP contribution in [0.3, 0.4) is 0 Å². The molecule has 2 aromatic rings. The zero-order chi connectivity index (χ0) is 15.3. The van der Waals surface area contributed by atoms with E-state index in [9.17, 15) is 8.42 Å². The van der Waals surface area contributed by atoms with Gasteiger partial charge in [0.15, 0.2) is 0 Å². The van der Waals surface area contributed by atoms with E-state index in [0.717, 1.165) is 12.0 Å². The maximum Gasteiger partial charge on any atom is 0.243 e. The van der Waals surface area contributed by atoms with Crippen molar-refractivity contribution in [2.45, 2.75) is 11.3 Å². The average molecular weight is 308 g/mol. The standard InChI is InChI=1S/C14H16N2O4S/c1-19-10-8-11-4-6-12(7-5-11)20-14-13(21(15,17)18)3-2-9-16-14/h2-7,9H,8,10H2,1H3,(H2,15,17,18). The van der Waals surface area contributed by atoms with Crippen molar-refractivity contribution in [2.24, 2.45) is 5.14 Å². The molecule has 112 valence electrons. The third kappa shape index (κ3) is 4.25. The second-order valence-electron chi connectivity index (χ2n) is 4.34. The fourth-order valence-electron chi connectivity index (χ4n) is 1.72. The van der Waals surface area contributed by atoms with Crippen LogP contribution in [0.5, 0.6) is 11.6 Å². The highest BCUT2D eigenvalue weighted by molar-refractivity contribution is 7.89. The minimum atomic E-state index is -3.88. The summed E-state index contributed by atoms with van der Waals surface area (Å²) >= 11 is 0. The molecule has 0 fully saturated rings. The molecule has 0 amide bonds. The molecule has 2 N–H and O–H groups in total. The molecule has 0 aliphatic carbocycles. The molecule has 0 unspecified atom stereocenters. The molecule has 1 aromatic carbocycles. The number of ether oxygens (including phenoxy) is 2. The van der Waals surface area contributed by atoms with Crippen molar-refractivity contribution in [3.63, 3.8) is 0 Å². The van der Waals surface area contributed by atoms with Crippen molar-refractivity contribution >= 4 is 10.0 Å². The van der Waals surface area contributed by atoms with E-state index >= 15 is 0 Å². The van der Waals surface area contributed by atoms with Crippen LogP contribution in [0.15, 0.2) is 47.5 Å². The average Bonchev–Trinajstić information content (AvgIpc) is 2.46. The van der Waals surface area contributed by atoms with Crippen molar-refractivity contribution in [3.8, 4) is 11.6 Å². The Hall–Kier alpha value is -1.96. The van der Waals surface area contributed by atoms with Gasteiger partial charge < -0.3 is 9.47 Å². The Morgan fingerprint density at radius 3 is 2.52 bits per heavy atom. The first kappa shape index (κ1) is 15.4. The summed E-state index contributed by atoms with van der Waals surface area (Å²) in [6.07, 6.45) is 2.24. The van der Waals surface area contributed by atoms with Crippen LogP contribution in [0.1, 0.15) is 5.56 Å². The van der Waals surface area contributed by atoms with Crippen molar-refractivity contribution in [1.82, 2.24) is 4.98 Å². The van der Waals surface area contributed by atoms with Crippen LogP contribution < -0.4 is 9.88 Å². The first-order valence-corrected chi connectivity index (χ1v) is 7.79. The van der Waals surface area contributed by atoms with Gasteiger partial charge in [-0.15, -0.1) is 0 Å². The van der Waals surface area contributed by atoms with E-state index in [0.29, 0.717) is 12.4 Å². The first-order valence-electron chi connectivity index (χ1n) is 6.24. The summed E-state index contributed by atoms with van der Waals surface area (Å²) in [5.74, 6) is 0.449. The van der Waals surface area contributed by atoms with Gasteiger partial charge in [0.05, 0.1) is 6.61 Å². The fraction of sp³-hybridized carbons (Fsp3) is 0.214. The monoisotopic (exact) mass is 308 g/mol. The zero-order valence-corrected chi connectivity index (χ0v) is 12.3. The van der Waals surface area contributed by atoms with Gasteiger partial charge in [-0.25, -0.2) is 18.5 Å². The third-order valence-corrected chi connectivity index (χ3v) is 3.70. The number of pyridine rings is 1. The maximum absolute atomic E-state index is 11.5. The second-order valence-corrected chi connectivity index (χ2v) is 5.87. The number of primary sulfonamides is 1. The van der Waals surface area contributed by atoms with E-state index in [4.69, 9.17) is 14.6 Å². The molecule has 0 radical (unpaired) electrons. The lowest BCUT2D eigenvalue weighted by Gasteiger charge is -2.09. The van der Waals surface area contributed by atoms with Crippen LogP contribution >= 0.6 is 0 Å². The topological polar surface area (TPSA) is 91.5 Å². The van der Waals surface area contributed by atoms with Gasteiger partial charge in [-0.2, -0.15) is 0 Å². The quantitative estimate of drug-likeness (QED) is 0.877. The van der Waals surface area contributed by atoms with Crippen LogP contribution in [-0.2, 0) is 21.2 Å². The Morgan fingerprint density at radius 2 is 1.90 bits per heavy atom. The highest BCUT2D eigenvalue weighted by Crippen LogP contribution is 2.25. The Bertz CT molecular complexity index is 699. The van der Waals surface area contributed by atoms with Gasteiger partial charge in [-0.1, -0.05) is 12.1 Å². The number of hydrogen-bond donors (Lipinski definition) is 1. The van der Waals surface area contributed by atoms with Gasteiger partial charge in [0.25, 0.3) is 0 Å². The minimum Gasteiger partial charge on any atom is -0.438 e. The maximum atomic E-state index is 11.5. The van der Waals surface area contributed by atoms with Gasteiger partial charge >= 0.3 is 0 Å². The fourth-order valence-corrected chi connectivity index (χ4v) is 2.33. The van der Waals surface area contributed by atoms with Crippen molar-refractivity contribution < 1.29 is 17.9 Å². The molecule has 0 spiro atoms. The highest BCUT2D eigenvalue weighted by atomic mass is 32.2. The van der Waals surface area contributed by atoms with Crippen LogP contribution in [0.4, 0.5) is 0 Å². The molecule has 0 saturated heterocycles. The molecule has 21 heavy (non-hydrogen) atoms. The number of methoxy groups -OCH3 is 1. The lowest BCUT2D eigenvalue weighted by atomic mass is 10.1. The summed E-state index contributed by atoms with van der Waals surface area (Å²) in [7, 11) is -2.23. The molecule has 0 saturated carbocycles. The summed E-state index contributed by atoms with van der Waals surface area (Å²) in [5, 5.41) is 5.13. The van der Waals surface area contributed by atoms with Gasteiger partial charge in [-0.05, 0) is 36.2 Å². The Morgan fingerprint density at radius 1 is 1.19 bits per heavy atom. The normalized spacial score (nSPS) is 11.3. The van der Waals surface area contributed by atoms with E-state index < -0.39 is 10.0 Å². The second kappa shape index (κ2) is 6.66. The Balaban J connectivity index is 2.19. The van der Waals surface area contributed by atoms with E-state index in [1.54, 1.807) is 19.2 Å². The molecular weight excluding hydrogens is 292 g/mol. The van der Waals surface area contributed by atoms with Crippen molar-refractivity contribution in [3.05, 3.63) is 48.2 Å². The smallest absolute Gasteiger partial charge is 0.243 e. The summed E-state index contributed by atoms with van der Waals surface area (Å²) in [4.78, 5) is 3.77. The van der Waals surface area contributed by atoms with Gasteiger partial charge in [0, 0.05) is 13.3 Å². The molecule has 0 bridgehead atoms. The van der Waals surface area contributed by atoms with Crippen LogP contribution in [-0.4, -0.2) is 27.1 Å². The molecule has 2 rings (SSSR count). The minimum absolute atomic E-state index is 0.0374. The van der Waals surface area contributed by atoms with Crippen molar-refractivity contribution in [1.29, 1.82) is 0 Å². The first-order chi connectivity index (χ1) is 10.0. The van der Waals surface area contributed by atoms with Crippen LogP contribution in [0.25, 0.3) is 0 Å². The van der Waals surface area contributed by atoms with Crippen molar-refractivity contribution in [2.75, 3.05) is 13.7 Å². The summed E-state index contributed by atoms with van der Waals surface area (Å²) in [6.45, 7) is 0.635. The Labute approximate surface area is 123 Å². The number of nitrogens with two attached hydrogens (primary N) is 1. The number of benzene rings is 1. The lowest BCUT2D eigenvalue weighted by molar-refractivity contribution is 0.202. The van der Waals surface area contributed by atoms with Crippen LogP contribution in [0.2, 0.25) is 0 Å². The van der Waals surface area contributed by atoms with E-state index in [2.05, 4.69) is 4.98 Å². The van der Waals surface area contributed by atoms with E-state index in [-0.39, 0.29) is 10.8 Å². The highest BCUT2D eigenvalue weighted by Gasteiger charge is 2.16. The predicted molar refractivity (Wildman–Crippen MR) is 77.7 cm³/mol. The SMILES string of the molecule is COCCc1ccc(Oc2ncccc2S(N)(=O)=O)cc1. The summed E-state index contributed by atoms with van der Waals surface area (Å²) < 4.78 is 33.4. The molecule has 1 aromatic heterocycles. The molecule has 1 heterocycles. The Kier molecular flexibility index (Phi) is 4.89. The molecule has 0 atom stereocenters. The molecule has 6 nitrogen and oxygen atoms in total. The number of nitrogens with zero attached hydrogens (tertiary/aromatic N) is 1. The van der Waals surface area contributed by atoms with E-state index in [1.165, 1.54) is 18.3 Å². The zero-order valence-electron chi connectivity index (χ0n) is 11.5. The van der Waals surface area contributed by atoms with Gasteiger partial charge in [0.1, 0.15) is 10.6 Å². The predicted octanol–water partition coefficient (Wildman–Crippen LogP) is 1.71. The number of aromatic nitrogens is 1. The summed E-state index contributed by atoms with van der Waals surface area (Å²) in [5.41, 5.74) is 1.09. The largest absolute Gasteiger partial charge is 0.438 e. The number of hydrogen-bond acceptors (Lipinski definition) is 5. The number of rotatable bonds is 6. The van der Waals surface area contributed by atoms with Crippen LogP contribution in [0, 0.1) is 0 Å². The third-order valence-electron chi connectivity index (χ3n) is 2.78.